The first-order valence-corrected chi connectivity index (χ1v) is 26.6. The summed E-state index contributed by atoms with van der Waals surface area (Å²) in [6.07, 6.45) is 0. The molecule has 0 spiro atoms. The summed E-state index contributed by atoms with van der Waals surface area (Å²) in [7, 11) is 0. The van der Waals surface area contributed by atoms with Gasteiger partial charge in [-0.3, -0.25) is 0 Å². The third kappa shape index (κ3) is 8.22. The van der Waals surface area contributed by atoms with Gasteiger partial charge in [0, 0.05) is 66.8 Å². The number of hydrogen-bond donors (Lipinski definition) is 0. The van der Waals surface area contributed by atoms with Crippen LogP contribution in [0.15, 0.2) is 154 Å². The molecule has 0 radical (unpaired) electrons. The van der Waals surface area contributed by atoms with E-state index in [2.05, 4.69) is 266 Å². The second kappa shape index (κ2) is 17.1. The number of para-hydroxylation sites is 2. The van der Waals surface area contributed by atoms with E-state index in [9.17, 15) is 0 Å². The topological polar surface area (TPSA) is 32.8 Å². The number of hydrogen-bond acceptors (Lipinski definition) is 4. The number of anilines is 6. The molecular weight excluding hydrogens is 901 g/mol. The molecule has 0 aliphatic heterocycles. The van der Waals surface area contributed by atoms with Crippen molar-refractivity contribution in [3.05, 3.63) is 190 Å². The molecule has 374 valence electrons. The average molecular weight is 973 g/mol. The van der Waals surface area contributed by atoms with Gasteiger partial charge in [-0.2, -0.15) is 0 Å². The van der Waals surface area contributed by atoms with Crippen molar-refractivity contribution in [2.24, 2.45) is 0 Å². The van der Waals surface area contributed by atoms with Gasteiger partial charge in [-0.25, -0.2) is 0 Å². The lowest BCUT2D eigenvalue weighted by molar-refractivity contribution is 0.564. The molecule has 0 fully saturated rings. The first kappa shape index (κ1) is 48.9. The molecular formula is C70H72N2O2. The van der Waals surface area contributed by atoms with Gasteiger partial charge in [-0.05, 0) is 177 Å². The van der Waals surface area contributed by atoms with Crippen molar-refractivity contribution in [3.63, 3.8) is 0 Å². The highest BCUT2D eigenvalue weighted by molar-refractivity contribution is 6.23. The number of nitrogens with zero attached hydrogens (tertiary/aromatic N) is 2. The van der Waals surface area contributed by atoms with Crippen LogP contribution in [-0.4, -0.2) is 0 Å². The maximum atomic E-state index is 7.34. The summed E-state index contributed by atoms with van der Waals surface area (Å²) >= 11 is 0. The maximum absolute atomic E-state index is 7.34. The molecule has 0 bridgehead atoms. The number of rotatable bonds is 6. The monoisotopic (exact) mass is 973 g/mol. The summed E-state index contributed by atoms with van der Waals surface area (Å²) in [4.78, 5) is 4.88. The van der Waals surface area contributed by atoms with Gasteiger partial charge in [0.1, 0.15) is 22.3 Å². The second-order valence-corrected chi connectivity index (χ2v) is 25.4. The standard InChI is InChI=1S/C70H72N2O2/c1-41-21-17-19-23-55(41)71(57-39-49(67(5,6)7)29-25-43(57)3)51-31-27-45-35-53-59(37-47(45)33-51)73-65-61(53)63(69(11,12)13)66-62(64(65)70(14,15)16)54-36-46-28-32-52(34-48(46)38-60(54)74-66)72(56-24-20-18-22-42(56)2)58-40-50(68(8,9)10)30-26-44(58)4/h17-40H,1-16H3. The van der Waals surface area contributed by atoms with E-state index in [1.165, 1.54) is 67.3 Å². The van der Waals surface area contributed by atoms with E-state index in [1.54, 1.807) is 0 Å². The van der Waals surface area contributed by atoms with Crippen molar-refractivity contribution in [1.82, 2.24) is 0 Å². The Labute approximate surface area is 438 Å². The highest BCUT2D eigenvalue weighted by Crippen LogP contribution is 2.52. The Morgan fingerprint density at radius 3 is 1.04 bits per heavy atom. The predicted octanol–water partition coefficient (Wildman–Crippen LogP) is 21.2. The van der Waals surface area contributed by atoms with Crippen LogP contribution < -0.4 is 9.80 Å². The van der Waals surface area contributed by atoms with Crippen LogP contribution in [0, 0.1) is 27.7 Å². The van der Waals surface area contributed by atoms with Gasteiger partial charge in [0.25, 0.3) is 0 Å². The SMILES string of the molecule is Cc1ccccc1N(c1ccc2cc3c(cc2c1)oc1c(C(C)(C)C)c2c(oc4cc5cc(N(c6ccccc6C)c6cc(C(C)(C)C)ccc6C)ccc5cc42)c(C(C)(C)C)c13)c1cc(C(C)(C)C)ccc1C. The minimum Gasteiger partial charge on any atom is -0.456 e. The van der Waals surface area contributed by atoms with Gasteiger partial charge in [-0.15, -0.1) is 0 Å². The highest BCUT2D eigenvalue weighted by Gasteiger charge is 2.35. The molecule has 0 amide bonds. The number of furan rings is 2. The largest absolute Gasteiger partial charge is 0.456 e. The summed E-state index contributed by atoms with van der Waals surface area (Å²) in [6.45, 7) is 36.5. The molecule has 2 aromatic heterocycles. The van der Waals surface area contributed by atoms with Gasteiger partial charge in [0.2, 0.25) is 0 Å². The normalized spacial score (nSPS) is 12.9. The Hall–Kier alpha value is -7.30. The molecule has 11 rings (SSSR count). The fourth-order valence-electron chi connectivity index (χ4n) is 11.5. The van der Waals surface area contributed by atoms with Crippen LogP contribution in [0.2, 0.25) is 0 Å². The maximum Gasteiger partial charge on any atom is 0.140 e. The summed E-state index contributed by atoms with van der Waals surface area (Å²) in [5.74, 6) is 0. The van der Waals surface area contributed by atoms with Crippen molar-refractivity contribution in [1.29, 1.82) is 0 Å². The predicted molar refractivity (Wildman–Crippen MR) is 319 cm³/mol. The van der Waals surface area contributed by atoms with E-state index >= 15 is 0 Å². The molecule has 2 heterocycles. The van der Waals surface area contributed by atoms with Crippen molar-refractivity contribution < 1.29 is 8.83 Å². The Bertz CT molecular complexity index is 3790. The van der Waals surface area contributed by atoms with E-state index in [1.807, 2.05) is 0 Å². The zero-order valence-electron chi connectivity index (χ0n) is 46.6. The van der Waals surface area contributed by atoms with Crippen LogP contribution in [0.3, 0.4) is 0 Å². The summed E-state index contributed by atoms with van der Waals surface area (Å²) in [6, 6.07) is 54.4. The molecule has 4 heteroatoms. The summed E-state index contributed by atoms with van der Waals surface area (Å²) in [5, 5.41) is 9.09. The smallest absolute Gasteiger partial charge is 0.140 e. The zero-order valence-corrected chi connectivity index (χ0v) is 46.6. The Kier molecular flexibility index (Phi) is 11.3. The van der Waals surface area contributed by atoms with Gasteiger partial charge in [0.05, 0.1) is 0 Å². The molecule has 0 aliphatic carbocycles. The number of fused-ring (bicyclic) bond motifs is 8. The van der Waals surface area contributed by atoms with E-state index < -0.39 is 0 Å². The highest BCUT2D eigenvalue weighted by atomic mass is 16.3. The molecule has 0 saturated carbocycles. The Morgan fingerprint density at radius 1 is 0.324 bits per heavy atom. The fourth-order valence-corrected chi connectivity index (χ4v) is 11.5. The lowest BCUT2D eigenvalue weighted by Gasteiger charge is -2.30. The molecule has 0 aliphatic rings. The average Bonchev–Trinajstić information content (AvgIpc) is 3.86. The molecule has 4 nitrogen and oxygen atoms in total. The molecule has 0 saturated heterocycles. The van der Waals surface area contributed by atoms with Crippen LogP contribution in [0.25, 0.3) is 65.4 Å². The molecule has 0 unspecified atom stereocenters. The number of benzene rings is 9. The lowest BCUT2D eigenvalue weighted by atomic mass is 9.77. The van der Waals surface area contributed by atoms with Crippen molar-refractivity contribution >= 4 is 99.5 Å². The second-order valence-electron chi connectivity index (χ2n) is 25.4. The van der Waals surface area contributed by atoms with Crippen LogP contribution in [0.1, 0.15) is 128 Å². The quantitative estimate of drug-likeness (QED) is 0.166. The van der Waals surface area contributed by atoms with E-state index in [0.717, 1.165) is 76.8 Å². The first-order valence-electron chi connectivity index (χ1n) is 26.6. The van der Waals surface area contributed by atoms with E-state index in [4.69, 9.17) is 8.83 Å². The van der Waals surface area contributed by atoms with Gasteiger partial charge in [0.15, 0.2) is 0 Å². The van der Waals surface area contributed by atoms with Crippen molar-refractivity contribution in [2.45, 2.75) is 132 Å². The zero-order chi connectivity index (χ0) is 52.6. The van der Waals surface area contributed by atoms with Crippen molar-refractivity contribution in [2.75, 3.05) is 9.80 Å². The molecule has 74 heavy (non-hydrogen) atoms. The molecule has 0 atom stereocenters. The van der Waals surface area contributed by atoms with Crippen LogP contribution in [-0.2, 0) is 21.7 Å². The van der Waals surface area contributed by atoms with E-state index in [-0.39, 0.29) is 21.7 Å². The minimum absolute atomic E-state index is 0.00292. The Balaban J connectivity index is 1.13. The van der Waals surface area contributed by atoms with Crippen molar-refractivity contribution in [3.8, 4) is 0 Å². The summed E-state index contributed by atoms with van der Waals surface area (Å²) in [5.41, 5.74) is 19.8. The van der Waals surface area contributed by atoms with E-state index in [0.29, 0.717) is 0 Å². The van der Waals surface area contributed by atoms with Crippen LogP contribution >= 0.6 is 0 Å². The third-order valence-corrected chi connectivity index (χ3v) is 15.6. The lowest BCUT2D eigenvalue weighted by Crippen LogP contribution is -2.16. The molecule has 9 aromatic carbocycles. The van der Waals surface area contributed by atoms with Gasteiger partial charge < -0.3 is 18.6 Å². The minimum atomic E-state index is -0.288. The molecule has 11 aromatic rings. The van der Waals surface area contributed by atoms with Gasteiger partial charge >= 0.3 is 0 Å². The van der Waals surface area contributed by atoms with Gasteiger partial charge in [-0.1, -0.05) is 156 Å². The third-order valence-electron chi connectivity index (χ3n) is 15.6. The molecule has 0 N–H and O–H groups in total. The summed E-state index contributed by atoms with van der Waals surface area (Å²) < 4.78 is 14.7. The Morgan fingerprint density at radius 2 is 0.689 bits per heavy atom. The van der Waals surface area contributed by atoms with Crippen LogP contribution in [0.5, 0.6) is 0 Å². The van der Waals surface area contributed by atoms with Crippen LogP contribution in [0.4, 0.5) is 34.1 Å². The fraction of sp³-hybridized carbons (Fsp3) is 0.286. The first-order chi connectivity index (χ1) is 34.9. The number of aryl methyl sites for hydroxylation is 4.